The highest BCUT2D eigenvalue weighted by Gasteiger charge is 2.58. The van der Waals surface area contributed by atoms with Crippen molar-refractivity contribution in [2.24, 2.45) is 0 Å². The van der Waals surface area contributed by atoms with E-state index in [1.54, 1.807) is 0 Å². The topological polar surface area (TPSA) is 40.6 Å². The average Bonchev–Trinajstić information content (AvgIpc) is 3.13. The van der Waals surface area contributed by atoms with Gasteiger partial charge in [0, 0.05) is 19.5 Å². The number of carbonyl (C=O) groups is 2. The summed E-state index contributed by atoms with van der Waals surface area (Å²) in [6.07, 6.45) is 4.18. The second-order valence-electron chi connectivity index (χ2n) is 6.44. The van der Waals surface area contributed by atoms with Crippen LogP contribution in [0.15, 0.2) is 30.3 Å². The van der Waals surface area contributed by atoms with E-state index in [9.17, 15) is 9.59 Å². The summed E-state index contributed by atoms with van der Waals surface area (Å²) in [5, 5.41) is 0. The minimum absolute atomic E-state index is 0.181. The molecule has 0 unspecified atom stereocenters. The van der Waals surface area contributed by atoms with Gasteiger partial charge in [-0.3, -0.25) is 9.59 Å². The third-order valence-corrected chi connectivity index (χ3v) is 5.29. The monoisotopic (exact) mass is 284 g/mol. The van der Waals surface area contributed by atoms with Crippen molar-refractivity contribution in [3.63, 3.8) is 0 Å². The van der Waals surface area contributed by atoms with Crippen molar-refractivity contribution in [1.82, 2.24) is 9.80 Å². The van der Waals surface area contributed by atoms with E-state index in [2.05, 4.69) is 12.1 Å². The Hall–Kier alpha value is -1.84. The summed E-state index contributed by atoms with van der Waals surface area (Å²) in [5.41, 5.74) is 0.530. The van der Waals surface area contributed by atoms with Crippen molar-refractivity contribution in [3.8, 4) is 0 Å². The van der Waals surface area contributed by atoms with Gasteiger partial charge in [0.1, 0.15) is 11.6 Å². The van der Waals surface area contributed by atoms with Crippen LogP contribution in [-0.4, -0.2) is 46.3 Å². The van der Waals surface area contributed by atoms with Crippen LogP contribution >= 0.6 is 0 Å². The van der Waals surface area contributed by atoms with E-state index < -0.39 is 5.54 Å². The molecule has 3 fully saturated rings. The lowest BCUT2D eigenvalue weighted by molar-refractivity contribution is -0.165. The fraction of sp³-hybridized carbons (Fsp3) is 0.529. The predicted octanol–water partition coefficient (Wildman–Crippen LogP) is 1.59. The molecule has 21 heavy (non-hydrogen) atoms. The number of hydrogen-bond acceptors (Lipinski definition) is 2. The maximum Gasteiger partial charge on any atom is 0.249 e. The smallest absolute Gasteiger partial charge is 0.249 e. The van der Waals surface area contributed by atoms with E-state index in [0.717, 1.165) is 44.3 Å². The normalized spacial score (nSPS) is 31.5. The summed E-state index contributed by atoms with van der Waals surface area (Å²) in [7, 11) is 0. The third kappa shape index (κ3) is 1.74. The van der Waals surface area contributed by atoms with E-state index in [1.165, 1.54) is 0 Å². The van der Waals surface area contributed by atoms with Gasteiger partial charge in [-0.25, -0.2) is 0 Å². The average molecular weight is 284 g/mol. The Kier molecular flexibility index (Phi) is 2.81. The van der Waals surface area contributed by atoms with Crippen LogP contribution in [0.25, 0.3) is 0 Å². The molecule has 110 valence electrons. The van der Waals surface area contributed by atoms with Crippen LogP contribution in [0.3, 0.4) is 0 Å². The summed E-state index contributed by atoms with van der Waals surface area (Å²) in [5.74, 6) is 0.367. The second kappa shape index (κ2) is 4.58. The van der Waals surface area contributed by atoms with E-state index in [-0.39, 0.29) is 17.9 Å². The molecule has 0 spiro atoms. The molecule has 4 rings (SSSR count). The van der Waals surface area contributed by atoms with Gasteiger partial charge in [0.05, 0.1) is 0 Å². The molecule has 0 aliphatic carbocycles. The Morgan fingerprint density at radius 1 is 1.10 bits per heavy atom. The molecule has 3 aliphatic rings. The molecule has 1 aromatic rings. The fourth-order valence-corrected chi connectivity index (χ4v) is 4.33. The van der Waals surface area contributed by atoms with Gasteiger partial charge in [-0.2, -0.15) is 0 Å². The first kappa shape index (κ1) is 12.9. The molecule has 0 radical (unpaired) electrons. The maximum absolute atomic E-state index is 13.1. The largest absolute Gasteiger partial charge is 0.329 e. The van der Waals surface area contributed by atoms with Crippen LogP contribution in [0.5, 0.6) is 0 Å². The number of amides is 2. The van der Waals surface area contributed by atoms with Gasteiger partial charge in [0.2, 0.25) is 11.8 Å². The SMILES string of the molecule is O=C1[C@@H]2CCCN2C(=O)[C@]2(Cc3ccccc3)CCCN12. The van der Waals surface area contributed by atoms with Crippen LogP contribution in [0.4, 0.5) is 0 Å². The number of piperazine rings is 1. The molecule has 0 aromatic heterocycles. The Balaban J connectivity index is 1.74. The van der Waals surface area contributed by atoms with Gasteiger partial charge in [-0.1, -0.05) is 30.3 Å². The molecule has 0 bridgehead atoms. The molecule has 1 aromatic carbocycles. The summed E-state index contributed by atoms with van der Waals surface area (Å²) in [6.45, 7) is 1.49. The molecule has 3 aliphatic heterocycles. The molecule has 0 N–H and O–H groups in total. The molecule has 2 amide bonds. The zero-order valence-corrected chi connectivity index (χ0v) is 12.1. The van der Waals surface area contributed by atoms with Gasteiger partial charge < -0.3 is 9.80 Å². The van der Waals surface area contributed by atoms with Gasteiger partial charge in [-0.15, -0.1) is 0 Å². The number of nitrogens with zero attached hydrogens (tertiary/aromatic N) is 2. The van der Waals surface area contributed by atoms with Gasteiger partial charge in [-0.05, 0) is 31.2 Å². The lowest BCUT2D eigenvalue weighted by Crippen LogP contribution is -2.68. The molecule has 2 atom stereocenters. The van der Waals surface area contributed by atoms with Gasteiger partial charge in [0.15, 0.2) is 0 Å². The molecular formula is C17H20N2O2. The molecular weight excluding hydrogens is 264 g/mol. The number of hydrogen-bond donors (Lipinski definition) is 0. The summed E-state index contributed by atoms with van der Waals surface area (Å²) in [6, 6.07) is 9.91. The molecule has 3 heterocycles. The highest BCUT2D eigenvalue weighted by atomic mass is 16.2. The van der Waals surface area contributed by atoms with Crippen molar-refractivity contribution in [1.29, 1.82) is 0 Å². The van der Waals surface area contributed by atoms with Crippen molar-refractivity contribution >= 4 is 11.8 Å². The fourth-order valence-electron chi connectivity index (χ4n) is 4.33. The summed E-state index contributed by atoms with van der Waals surface area (Å²) >= 11 is 0. The molecule has 3 saturated heterocycles. The molecule has 4 nitrogen and oxygen atoms in total. The lowest BCUT2D eigenvalue weighted by Gasteiger charge is -2.47. The summed E-state index contributed by atoms with van der Waals surface area (Å²) < 4.78 is 0. The molecule has 4 heteroatoms. The van der Waals surface area contributed by atoms with Gasteiger partial charge in [0.25, 0.3) is 0 Å². The Labute approximate surface area is 124 Å². The number of fused-ring (bicyclic) bond motifs is 2. The Morgan fingerprint density at radius 3 is 2.71 bits per heavy atom. The Morgan fingerprint density at radius 2 is 1.90 bits per heavy atom. The van der Waals surface area contributed by atoms with Crippen molar-refractivity contribution in [2.45, 2.75) is 43.7 Å². The first-order chi connectivity index (χ1) is 10.2. The molecule has 0 saturated carbocycles. The zero-order valence-electron chi connectivity index (χ0n) is 12.1. The first-order valence-electron chi connectivity index (χ1n) is 7.89. The first-order valence-corrected chi connectivity index (χ1v) is 7.89. The Bertz CT molecular complexity index is 586. The zero-order chi connectivity index (χ0) is 14.4. The summed E-state index contributed by atoms with van der Waals surface area (Å²) in [4.78, 5) is 29.6. The predicted molar refractivity (Wildman–Crippen MR) is 78.6 cm³/mol. The van der Waals surface area contributed by atoms with Crippen LogP contribution in [0, 0.1) is 0 Å². The van der Waals surface area contributed by atoms with Crippen molar-refractivity contribution in [2.75, 3.05) is 13.1 Å². The van der Waals surface area contributed by atoms with Crippen LogP contribution in [0.2, 0.25) is 0 Å². The van der Waals surface area contributed by atoms with Crippen LogP contribution < -0.4 is 0 Å². The quantitative estimate of drug-likeness (QED) is 0.827. The second-order valence-corrected chi connectivity index (χ2v) is 6.44. The van der Waals surface area contributed by atoms with E-state index in [1.807, 2.05) is 28.0 Å². The van der Waals surface area contributed by atoms with Gasteiger partial charge >= 0.3 is 0 Å². The number of benzene rings is 1. The minimum atomic E-state index is -0.612. The van der Waals surface area contributed by atoms with Crippen LogP contribution in [0.1, 0.15) is 31.2 Å². The minimum Gasteiger partial charge on any atom is -0.329 e. The number of carbonyl (C=O) groups excluding carboxylic acids is 2. The van der Waals surface area contributed by atoms with Crippen molar-refractivity contribution in [3.05, 3.63) is 35.9 Å². The number of rotatable bonds is 2. The van der Waals surface area contributed by atoms with E-state index >= 15 is 0 Å². The maximum atomic E-state index is 13.1. The van der Waals surface area contributed by atoms with E-state index in [4.69, 9.17) is 0 Å². The van der Waals surface area contributed by atoms with Crippen molar-refractivity contribution < 1.29 is 9.59 Å². The highest BCUT2D eigenvalue weighted by molar-refractivity contribution is 6.01. The standard InChI is InChI=1S/C17H20N2O2/c20-15-14-8-4-10-18(14)16(21)17(9-5-11-19(15)17)12-13-6-2-1-3-7-13/h1-3,6-7,14H,4-5,8-12H2/t14-,17+/m0/s1. The van der Waals surface area contributed by atoms with E-state index in [0.29, 0.717) is 6.42 Å². The highest BCUT2D eigenvalue weighted by Crippen LogP contribution is 2.41. The van der Waals surface area contributed by atoms with Crippen LogP contribution in [-0.2, 0) is 16.0 Å². The third-order valence-electron chi connectivity index (χ3n) is 5.29. The lowest BCUT2D eigenvalue weighted by atomic mass is 9.84.